The standard InChI is InChI=1S/C22H27N3O2S/c1-15-6-5-12-25(13-10-15)22(27)19-17-8-2-3-9-18(17)28-21(19)24-20(26)16-7-4-11-23-14-16/h4,7,11,14-15H,2-3,5-6,8-10,12-13H2,1H3,(H,24,26)/t15-/m1/s1. The fourth-order valence-corrected chi connectivity index (χ4v) is 5.45. The first-order valence-corrected chi connectivity index (χ1v) is 11.1. The number of aromatic nitrogens is 1. The predicted octanol–water partition coefficient (Wildman–Crippen LogP) is 4.54. The number of anilines is 1. The van der Waals surface area contributed by atoms with E-state index in [1.807, 2.05) is 4.90 Å². The number of amides is 2. The zero-order valence-corrected chi connectivity index (χ0v) is 17.2. The molecule has 0 bridgehead atoms. The molecule has 6 heteroatoms. The number of rotatable bonds is 3. The largest absolute Gasteiger partial charge is 0.339 e. The van der Waals surface area contributed by atoms with Crippen molar-refractivity contribution in [1.82, 2.24) is 9.88 Å². The molecule has 0 aromatic carbocycles. The van der Waals surface area contributed by atoms with Crippen molar-refractivity contribution < 1.29 is 9.59 Å². The van der Waals surface area contributed by atoms with Crippen LogP contribution in [0.2, 0.25) is 0 Å². The van der Waals surface area contributed by atoms with Gasteiger partial charge in [-0.2, -0.15) is 0 Å². The van der Waals surface area contributed by atoms with E-state index in [2.05, 4.69) is 17.2 Å². The lowest BCUT2D eigenvalue weighted by molar-refractivity contribution is 0.0760. The molecule has 0 spiro atoms. The van der Waals surface area contributed by atoms with Gasteiger partial charge in [0.05, 0.1) is 11.1 Å². The molecule has 1 atom stereocenters. The van der Waals surface area contributed by atoms with E-state index in [4.69, 9.17) is 0 Å². The number of hydrogen-bond acceptors (Lipinski definition) is 4. The van der Waals surface area contributed by atoms with Crippen molar-refractivity contribution in [2.45, 2.75) is 51.9 Å². The van der Waals surface area contributed by atoms with Crippen molar-refractivity contribution in [1.29, 1.82) is 0 Å². The van der Waals surface area contributed by atoms with Gasteiger partial charge >= 0.3 is 0 Å². The minimum Gasteiger partial charge on any atom is -0.339 e. The van der Waals surface area contributed by atoms with Crippen LogP contribution in [-0.4, -0.2) is 34.8 Å². The van der Waals surface area contributed by atoms with E-state index in [1.54, 1.807) is 35.9 Å². The smallest absolute Gasteiger partial charge is 0.257 e. The Morgan fingerprint density at radius 1 is 1.18 bits per heavy atom. The van der Waals surface area contributed by atoms with Gasteiger partial charge in [0, 0.05) is 30.4 Å². The molecular formula is C22H27N3O2S. The average Bonchev–Trinajstić information content (AvgIpc) is 2.93. The molecular weight excluding hydrogens is 370 g/mol. The summed E-state index contributed by atoms with van der Waals surface area (Å²) < 4.78 is 0. The van der Waals surface area contributed by atoms with Crippen LogP contribution in [0.25, 0.3) is 0 Å². The number of carbonyl (C=O) groups is 2. The molecule has 1 aliphatic heterocycles. The normalized spacial score (nSPS) is 19.6. The zero-order chi connectivity index (χ0) is 19.5. The summed E-state index contributed by atoms with van der Waals surface area (Å²) in [5, 5.41) is 3.73. The number of nitrogens with zero attached hydrogens (tertiary/aromatic N) is 2. The summed E-state index contributed by atoms with van der Waals surface area (Å²) in [4.78, 5) is 33.5. The number of hydrogen-bond donors (Lipinski definition) is 1. The van der Waals surface area contributed by atoms with Crippen LogP contribution >= 0.6 is 11.3 Å². The minimum absolute atomic E-state index is 0.0926. The number of nitrogens with one attached hydrogen (secondary N) is 1. The minimum atomic E-state index is -0.203. The highest BCUT2D eigenvalue weighted by Crippen LogP contribution is 2.39. The highest BCUT2D eigenvalue weighted by molar-refractivity contribution is 7.17. The monoisotopic (exact) mass is 397 g/mol. The molecule has 5 nitrogen and oxygen atoms in total. The Bertz CT molecular complexity index is 862. The lowest BCUT2D eigenvalue weighted by atomic mass is 9.95. The third-order valence-electron chi connectivity index (χ3n) is 5.84. The molecule has 0 saturated carbocycles. The van der Waals surface area contributed by atoms with E-state index in [0.717, 1.165) is 57.2 Å². The molecule has 3 heterocycles. The van der Waals surface area contributed by atoms with Gasteiger partial charge in [0.2, 0.25) is 0 Å². The Hall–Kier alpha value is -2.21. The Morgan fingerprint density at radius 2 is 2.04 bits per heavy atom. The van der Waals surface area contributed by atoms with E-state index in [1.165, 1.54) is 16.9 Å². The predicted molar refractivity (Wildman–Crippen MR) is 112 cm³/mol. The summed E-state index contributed by atoms with van der Waals surface area (Å²) >= 11 is 1.58. The third kappa shape index (κ3) is 3.97. The van der Waals surface area contributed by atoms with Gasteiger partial charge < -0.3 is 10.2 Å². The van der Waals surface area contributed by atoms with Gasteiger partial charge in [0.1, 0.15) is 5.00 Å². The van der Waals surface area contributed by atoms with Crippen LogP contribution in [0.15, 0.2) is 24.5 Å². The number of carbonyl (C=O) groups excluding carboxylic acids is 2. The third-order valence-corrected chi connectivity index (χ3v) is 7.05. The highest BCUT2D eigenvalue weighted by atomic mass is 32.1. The van der Waals surface area contributed by atoms with Crippen molar-refractivity contribution in [2.24, 2.45) is 5.92 Å². The SMILES string of the molecule is C[C@@H]1CCCN(C(=O)c2c(NC(=O)c3cccnc3)sc3c2CCCC3)CC1. The summed E-state index contributed by atoms with van der Waals surface area (Å²) in [6.45, 7) is 3.88. The molecule has 148 valence electrons. The van der Waals surface area contributed by atoms with Gasteiger partial charge in [-0.1, -0.05) is 6.92 Å². The number of thiophene rings is 1. The molecule has 1 aliphatic carbocycles. The maximum atomic E-state index is 13.5. The second-order valence-electron chi connectivity index (χ2n) is 7.94. The second-order valence-corrected chi connectivity index (χ2v) is 9.04. The molecule has 2 aliphatic rings. The zero-order valence-electron chi connectivity index (χ0n) is 16.4. The molecule has 0 radical (unpaired) electrons. The lowest BCUT2D eigenvalue weighted by Gasteiger charge is -2.22. The van der Waals surface area contributed by atoms with E-state index >= 15 is 0 Å². The number of likely N-dealkylation sites (tertiary alicyclic amines) is 1. The second kappa shape index (κ2) is 8.43. The first kappa shape index (κ1) is 19.1. The molecule has 4 rings (SSSR count). The van der Waals surface area contributed by atoms with Crippen molar-refractivity contribution in [3.63, 3.8) is 0 Å². The Balaban J connectivity index is 1.64. The molecule has 1 saturated heterocycles. The van der Waals surface area contributed by atoms with Crippen LogP contribution in [0, 0.1) is 5.92 Å². The topological polar surface area (TPSA) is 62.3 Å². The molecule has 1 N–H and O–H groups in total. The summed E-state index contributed by atoms with van der Waals surface area (Å²) in [5.41, 5.74) is 2.42. The molecule has 2 aromatic rings. The molecule has 0 unspecified atom stereocenters. The average molecular weight is 398 g/mol. The number of aryl methyl sites for hydroxylation is 1. The maximum Gasteiger partial charge on any atom is 0.257 e. The summed E-state index contributed by atoms with van der Waals surface area (Å²) in [6.07, 6.45) is 10.7. The van der Waals surface area contributed by atoms with Crippen LogP contribution < -0.4 is 5.32 Å². The number of pyridine rings is 1. The fourth-order valence-electron chi connectivity index (χ4n) is 4.18. The van der Waals surface area contributed by atoms with Crippen LogP contribution in [0.4, 0.5) is 5.00 Å². The summed E-state index contributed by atoms with van der Waals surface area (Å²) in [5.74, 6) is 0.555. The Kier molecular flexibility index (Phi) is 5.76. The van der Waals surface area contributed by atoms with Crippen molar-refractivity contribution in [3.8, 4) is 0 Å². The van der Waals surface area contributed by atoms with Gasteiger partial charge in [-0.05, 0) is 68.6 Å². The molecule has 2 amide bonds. The van der Waals surface area contributed by atoms with Gasteiger partial charge in [0.15, 0.2) is 0 Å². The molecule has 2 aromatic heterocycles. The van der Waals surface area contributed by atoms with E-state index in [-0.39, 0.29) is 11.8 Å². The van der Waals surface area contributed by atoms with Gasteiger partial charge in [-0.3, -0.25) is 14.6 Å². The van der Waals surface area contributed by atoms with Gasteiger partial charge in [-0.25, -0.2) is 0 Å². The summed E-state index contributed by atoms with van der Waals surface area (Å²) in [7, 11) is 0. The lowest BCUT2D eigenvalue weighted by Crippen LogP contribution is -2.33. The quantitative estimate of drug-likeness (QED) is 0.827. The van der Waals surface area contributed by atoms with Gasteiger partial charge in [0.25, 0.3) is 11.8 Å². The first-order valence-electron chi connectivity index (χ1n) is 10.3. The van der Waals surface area contributed by atoms with Crippen molar-refractivity contribution >= 4 is 28.2 Å². The van der Waals surface area contributed by atoms with E-state index < -0.39 is 0 Å². The van der Waals surface area contributed by atoms with Crippen LogP contribution in [0.5, 0.6) is 0 Å². The van der Waals surface area contributed by atoms with Gasteiger partial charge in [-0.15, -0.1) is 11.3 Å². The Morgan fingerprint density at radius 3 is 2.86 bits per heavy atom. The van der Waals surface area contributed by atoms with Crippen LogP contribution in [0.3, 0.4) is 0 Å². The fraction of sp³-hybridized carbons (Fsp3) is 0.500. The first-order chi connectivity index (χ1) is 13.6. The van der Waals surface area contributed by atoms with Crippen LogP contribution in [-0.2, 0) is 12.8 Å². The molecule has 28 heavy (non-hydrogen) atoms. The highest BCUT2D eigenvalue weighted by Gasteiger charge is 2.30. The molecule has 1 fully saturated rings. The maximum absolute atomic E-state index is 13.5. The van der Waals surface area contributed by atoms with Crippen LogP contribution in [0.1, 0.15) is 70.2 Å². The number of fused-ring (bicyclic) bond motifs is 1. The van der Waals surface area contributed by atoms with E-state index in [0.29, 0.717) is 16.5 Å². The van der Waals surface area contributed by atoms with E-state index in [9.17, 15) is 9.59 Å². The van der Waals surface area contributed by atoms with Crippen molar-refractivity contribution in [2.75, 3.05) is 18.4 Å². The summed E-state index contributed by atoms with van der Waals surface area (Å²) in [6, 6.07) is 3.49. The Labute approximate surface area is 170 Å². The van der Waals surface area contributed by atoms with Crippen molar-refractivity contribution in [3.05, 3.63) is 46.1 Å².